The molecule has 3 unspecified atom stereocenters. The summed E-state index contributed by atoms with van der Waals surface area (Å²) in [5, 5.41) is 3.31. The van der Waals surface area contributed by atoms with Gasteiger partial charge in [-0.25, -0.2) is 0 Å². The van der Waals surface area contributed by atoms with Crippen LogP contribution in [0.25, 0.3) is 0 Å². The lowest BCUT2D eigenvalue weighted by atomic mass is 9.69. The van der Waals surface area contributed by atoms with Gasteiger partial charge in [-0.2, -0.15) is 0 Å². The first-order valence-electron chi connectivity index (χ1n) is 9.35. The molecule has 3 rings (SSSR count). The SMILES string of the molecule is COc1cc(CC(=O)NC2CC3CCC2(C)C3(C)C)cc(OC)c1OC. The fourth-order valence-electron chi connectivity index (χ4n) is 5.09. The third-order valence-corrected chi connectivity index (χ3v) is 7.22. The molecule has 0 spiro atoms. The number of ether oxygens (including phenoxy) is 3. The number of rotatable bonds is 6. The Morgan fingerprint density at radius 3 is 2.15 bits per heavy atom. The summed E-state index contributed by atoms with van der Waals surface area (Å²) >= 11 is 0. The van der Waals surface area contributed by atoms with E-state index in [0.29, 0.717) is 29.6 Å². The first-order valence-corrected chi connectivity index (χ1v) is 9.35. The summed E-state index contributed by atoms with van der Waals surface area (Å²) in [6, 6.07) is 3.94. The second-order valence-corrected chi connectivity index (χ2v) is 8.44. The van der Waals surface area contributed by atoms with Crippen LogP contribution in [-0.2, 0) is 11.2 Å². The predicted octanol–water partition coefficient (Wildman–Crippen LogP) is 3.59. The maximum absolute atomic E-state index is 12.7. The highest BCUT2D eigenvalue weighted by molar-refractivity contribution is 5.79. The van der Waals surface area contributed by atoms with Gasteiger partial charge in [-0.15, -0.1) is 0 Å². The Labute approximate surface area is 156 Å². The molecule has 2 aliphatic carbocycles. The molecule has 26 heavy (non-hydrogen) atoms. The van der Waals surface area contributed by atoms with Crippen LogP contribution < -0.4 is 19.5 Å². The topological polar surface area (TPSA) is 56.8 Å². The van der Waals surface area contributed by atoms with E-state index in [0.717, 1.165) is 12.0 Å². The van der Waals surface area contributed by atoms with Crippen LogP contribution in [0.3, 0.4) is 0 Å². The smallest absolute Gasteiger partial charge is 0.224 e. The summed E-state index contributed by atoms with van der Waals surface area (Å²) in [6.07, 6.45) is 3.86. The van der Waals surface area contributed by atoms with E-state index in [4.69, 9.17) is 14.2 Å². The van der Waals surface area contributed by atoms with Crippen molar-refractivity contribution in [2.75, 3.05) is 21.3 Å². The predicted molar refractivity (Wildman–Crippen MR) is 101 cm³/mol. The third kappa shape index (κ3) is 2.81. The minimum absolute atomic E-state index is 0.0499. The Hall–Kier alpha value is -1.91. The number of carbonyl (C=O) groups is 1. The van der Waals surface area contributed by atoms with Gasteiger partial charge in [0.25, 0.3) is 0 Å². The Balaban J connectivity index is 1.73. The van der Waals surface area contributed by atoms with Crippen LogP contribution >= 0.6 is 0 Å². The first kappa shape index (κ1) is 18.9. The molecule has 5 heteroatoms. The zero-order valence-corrected chi connectivity index (χ0v) is 16.8. The molecule has 2 saturated carbocycles. The van der Waals surface area contributed by atoms with Gasteiger partial charge >= 0.3 is 0 Å². The molecule has 1 N–H and O–H groups in total. The van der Waals surface area contributed by atoms with E-state index < -0.39 is 0 Å². The van der Waals surface area contributed by atoms with E-state index in [1.807, 2.05) is 12.1 Å². The van der Waals surface area contributed by atoms with E-state index in [-0.39, 0.29) is 22.8 Å². The fraction of sp³-hybridized carbons (Fsp3) is 0.667. The second kappa shape index (κ2) is 6.67. The fourth-order valence-corrected chi connectivity index (χ4v) is 5.09. The molecule has 1 aromatic carbocycles. The van der Waals surface area contributed by atoms with Crippen molar-refractivity contribution in [3.63, 3.8) is 0 Å². The van der Waals surface area contributed by atoms with Gasteiger partial charge in [0.05, 0.1) is 27.8 Å². The van der Waals surface area contributed by atoms with Crippen molar-refractivity contribution in [1.82, 2.24) is 5.32 Å². The molecule has 0 radical (unpaired) electrons. The molecule has 2 aliphatic rings. The van der Waals surface area contributed by atoms with Crippen molar-refractivity contribution >= 4 is 5.91 Å². The second-order valence-electron chi connectivity index (χ2n) is 8.44. The number of methoxy groups -OCH3 is 3. The van der Waals surface area contributed by atoms with Crippen LogP contribution in [0.2, 0.25) is 0 Å². The highest BCUT2D eigenvalue weighted by Crippen LogP contribution is 2.65. The molecule has 3 atom stereocenters. The summed E-state index contributed by atoms with van der Waals surface area (Å²) in [5.74, 6) is 2.44. The van der Waals surface area contributed by atoms with Crippen molar-refractivity contribution in [3.05, 3.63) is 17.7 Å². The van der Waals surface area contributed by atoms with Gasteiger partial charge < -0.3 is 19.5 Å². The summed E-state index contributed by atoms with van der Waals surface area (Å²) in [4.78, 5) is 12.7. The third-order valence-electron chi connectivity index (χ3n) is 7.22. The average Bonchev–Trinajstić information content (AvgIpc) is 2.94. The van der Waals surface area contributed by atoms with E-state index in [2.05, 4.69) is 26.1 Å². The van der Waals surface area contributed by atoms with Gasteiger partial charge in [0, 0.05) is 6.04 Å². The van der Waals surface area contributed by atoms with Crippen LogP contribution in [0, 0.1) is 16.7 Å². The van der Waals surface area contributed by atoms with Gasteiger partial charge in [0.1, 0.15) is 0 Å². The number of amides is 1. The van der Waals surface area contributed by atoms with Crippen LogP contribution in [-0.4, -0.2) is 33.3 Å². The van der Waals surface area contributed by atoms with E-state index in [1.165, 1.54) is 12.8 Å². The summed E-state index contributed by atoms with van der Waals surface area (Å²) in [6.45, 7) is 7.05. The van der Waals surface area contributed by atoms with Crippen molar-refractivity contribution < 1.29 is 19.0 Å². The van der Waals surface area contributed by atoms with Gasteiger partial charge in [0.15, 0.2) is 11.5 Å². The molecule has 1 aromatic rings. The minimum atomic E-state index is 0.0499. The molecule has 0 aromatic heterocycles. The Kier molecular flexibility index (Phi) is 4.84. The van der Waals surface area contributed by atoms with E-state index >= 15 is 0 Å². The van der Waals surface area contributed by atoms with Crippen LogP contribution in [0.4, 0.5) is 0 Å². The van der Waals surface area contributed by atoms with Crippen molar-refractivity contribution in [2.45, 2.75) is 52.5 Å². The van der Waals surface area contributed by atoms with Crippen LogP contribution in [0.1, 0.15) is 45.6 Å². The molecule has 2 fully saturated rings. The highest BCUT2D eigenvalue weighted by atomic mass is 16.5. The number of fused-ring (bicyclic) bond motifs is 2. The molecule has 0 aliphatic heterocycles. The lowest BCUT2D eigenvalue weighted by Crippen LogP contribution is -2.47. The monoisotopic (exact) mass is 361 g/mol. The first-order chi connectivity index (χ1) is 12.3. The average molecular weight is 361 g/mol. The van der Waals surface area contributed by atoms with E-state index in [1.54, 1.807) is 21.3 Å². The molecule has 2 bridgehead atoms. The zero-order chi connectivity index (χ0) is 19.1. The Morgan fingerprint density at radius 2 is 1.73 bits per heavy atom. The van der Waals surface area contributed by atoms with E-state index in [9.17, 15) is 4.79 Å². The molecule has 144 valence electrons. The Morgan fingerprint density at radius 1 is 1.12 bits per heavy atom. The van der Waals surface area contributed by atoms with Crippen molar-refractivity contribution in [2.24, 2.45) is 16.7 Å². The molecular weight excluding hydrogens is 330 g/mol. The van der Waals surface area contributed by atoms with Crippen molar-refractivity contribution in [1.29, 1.82) is 0 Å². The standard InChI is InChI=1S/C21H31NO4/c1-20(2)14-7-8-21(20,3)17(12-14)22-18(23)11-13-9-15(24-4)19(26-6)16(10-13)25-5/h9-10,14,17H,7-8,11-12H2,1-6H3,(H,22,23). The molecule has 0 heterocycles. The summed E-state index contributed by atoms with van der Waals surface area (Å²) in [7, 11) is 4.74. The molecule has 1 amide bonds. The quantitative estimate of drug-likeness (QED) is 0.841. The minimum Gasteiger partial charge on any atom is -0.493 e. The van der Waals surface area contributed by atoms with Gasteiger partial charge in [-0.1, -0.05) is 20.8 Å². The number of nitrogens with one attached hydrogen (secondary N) is 1. The number of benzene rings is 1. The molecular formula is C21H31NO4. The normalized spacial score (nSPS) is 28.7. The summed E-state index contributed by atoms with van der Waals surface area (Å²) in [5.41, 5.74) is 1.32. The zero-order valence-electron chi connectivity index (χ0n) is 16.8. The number of carbonyl (C=O) groups excluding carboxylic acids is 1. The maximum atomic E-state index is 12.7. The number of hydrogen-bond acceptors (Lipinski definition) is 4. The lowest BCUT2D eigenvalue weighted by Gasteiger charge is -2.39. The maximum Gasteiger partial charge on any atom is 0.224 e. The van der Waals surface area contributed by atoms with Gasteiger partial charge in [0.2, 0.25) is 11.7 Å². The summed E-state index contributed by atoms with van der Waals surface area (Å²) < 4.78 is 16.1. The molecule has 0 saturated heterocycles. The lowest BCUT2D eigenvalue weighted by molar-refractivity contribution is -0.122. The van der Waals surface area contributed by atoms with Crippen molar-refractivity contribution in [3.8, 4) is 17.2 Å². The van der Waals surface area contributed by atoms with Crippen LogP contribution in [0.5, 0.6) is 17.2 Å². The largest absolute Gasteiger partial charge is 0.493 e. The molecule has 5 nitrogen and oxygen atoms in total. The Bertz CT molecular complexity index is 674. The highest BCUT2D eigenvalue weighted by Gasteiger charge is 2.61. The number of hydrogen-bond donors (Lipinski definition) is 1. The van der Waals surface area contributed by atoms with Gasteiger partial charge in [-0.05, 0) is 53.7 Å². The van der Waals surface area contributed by atoms with Crippen LogP contribution in [0.15, 0.2) is 12.1 Å². The van der Waals surface area contributed by atoms with Gasteiger partial charge in [-0.3, -0.25) is 4.79 Å².